The fourth-order valence-electron chi connectivity index (χ4n) is 19.3. The second kappa shape index (κ2) is 39.2. The van der Waals surface area contributed by atoms with E-state index in [-0.39, 0.29) is 62.3 Å². The highest BCUT2D eigenvalue weighted by Crippen LogP contribution is 2.41. The van der Waals surface area contributed by atoms with Gasteiger partial charge in [0.25, 0.3) is 0 Å². The van der Waals surface area contributed by atoms with E-state index >= 15 is 0 Å². The first kappa shape index (κ1) is 90.2. The Balaban J connectivity index is 0.000000137. The van der Waals surface area contributed by atoms with Gasteiger partial charge in [-0.3, -0.25) is 4.90 Å². The third kappa shape index (κ3) is 24.6. The number of hydrogen-bond donors (Lipinski definition) is 8. The Bertz CT molecular complexity index is 5520. The smallest absolute Gasteiger partial charge is 0.233 e. The Morgan fingerprint density at radius 2 is 0.928 bits per heavy atom. The molecule has 0 aliphatic carbocycles. The van der Waals surface area contributed by atoms with E-state index in [9.17, 15) is 20.4 Å². The third-order valence-electron chi connectivity index (χ3n) is 24.1. The van der Waals surface area contributed by atoms with Crippen molar-refractivity contribution >= 4 is 38.1 Å². The summed E-state index contributed by atoms with van der Waals surface area (Å²) in [7, 11) is 3.77. The van der Waals surface area contributed by atoms with E-state index in [1.165, 1.54) is 12.8 Å². The number of fused-ring (bicyclic) bond motifs is 3. The van der Waals surface area contributed by atoms with Crippen LogP contribution in [-0.4, -0.2) is 201 Å². The van der Waals surface area contributed by atoms with Gasteiger partial charge in [0.1, 0.15) is 47.2 Å². The van der Waals surface area contributed by atoms with Crippen LogP contribution in [0.15, 0.2) is 182 Å². The maximum absolute atomic E-state index is 10.8. The van der Waals surface area contributed by atoms with Crippen molar-refractivity contribution in [3.05, 3.63) is 194 Å². The molecule has 0 spiro atoms. The Kier molecular flexibility index (Phi) is 28.3. The first-order chi connectivity index (χ1) is 59.7. The first-order valence-electron chi connectivity index (χ1n) is 44.2. The number of nitrogens with zero attached hydrogens (tertiary/aromatic N) is 12. The molecule has 0 unspecified atom stereocenters. The lowest BCUT2D eigenvalue weighted by Gasteiger charge is -2.49. The molecule has 25 heteroatoms. The lowest BCUT2D eigenvalue weighted by atomic mass is 9.74. The molecule has 12 aromatic rings. The number of ether oxygens (including phenoxy) is 5. The molecule has 660 valence electrons. The van der Waals surface area contributed by atoms with Crippen LogP contribution in [0.5, 0.6) is 40.4 Å². The number of phenolic OH excluding ortho intramolecular Hbond substituents is 4. The molecule has 25 nitrogen and oxygen atoms in total. The van der Waals surface area contributed by atoms with Crippen LogP contribution in [0.1, 0.15) is 152 Å². The van der Waals surface area contributed by atoms with Crippen molar-refractivity contribution in [2.45, 2.75) is 199 Å². The summed E-state index contributed by atoms with van der Waals surface area (Å²) in [5.74, 6) is 4.91. The van der Waals surface area contributed by atoms with Crippen LogP contribution in [0.25, 0.3) is 83.0 Å². The molecule has 5 aliphatic heterocycles. The average molecular weight is 1700 g/mol. The molecule has 0 bridgehead atoms. The highest BCUT2D eigenvalue weighted by molar-refractivity contribution is 5.93. The van der Waals surface area contributed by atoms with Gasteiger partial charge in [-0.25, -0.2) is 4.68 Å². The van der Waals surface area contributed by atoms with Gasteiger partial charge in [0.15, 0.2) is 5.82 Å². The molecule has 5 aliphatic rings. The largest absolute Gasteiger partial charge is 0.507 e. The summed E-state index contributed by atoms with van der Waals surface area (Å²) in [6, 6.07) is 54.2. The minimum absolute atomic E-state index is 0.00961. The summed E-state index contributed by atoms with van der Waals surface area (Å²) in [6.45, 7) is 35.3. The fraction of sp³-hybridized carbons (Fsp3) is 0.450. The molecule has 0 saturated carbocycles. The fourth-order valence-corrected chi connectivity index (χ4v) is 19.3. The Morgan fingerprint density at radius 3 is 1.43 bits per heavy atom. The van der Waals surface area contributed by atoms with Crippen molar-refractivity contribution in [2.75, 3.05) is 84.8 Å². The van der Waals surface area contributed by atoms with Crippen LogP contribution >= 0.6 is 0 Å². The second-order valence-electron chi connectivity index (χ2n) is 38.4. The number of aromatic hydroxyl groups is 4. The van der Waals surface area contributed by atoms with Crippen molar-refractivity contribution in [1.82, 2.24) is 76.7 Å². The summed E-state index contributed by atoms with van der Waals surface area (Å²) in [5.41, 5.74) is 8.51. The number of rotatable bonds is 22. The number of methoxy groups -OCH3 is 1. The van der Waals surface area contributed by atoms with E-state index in [2.05, 4.69) is 167 Å². The molecule has 5 fully saturated rings. The van der Waals surface area contributed by atoms with E-state index in [4.69, 9.17) is 23.7 Å². The van der Waals surface area contributed by atoms with Gasteiger partial charge in [0, 0.05) is 146 Å². The maximum Gasteiger partial charge on any atom is 0.233 e. The van der Waals surface area contributed by atoms with Gasteiger partial charge in [-0.1, -0.05) is 36.4 Å². The molecule has 125 heavy (non-hydrogen) atoms. The zero-order chi connectivity index (χ0) is 88.3. The van der Waals surface area contributed by atoms with Crippen molar-refractivity contribution in [3.63, 3.8) is 0 Å². The number of phenols is 4. The standard InChI is InChI=1S/C29H38N4O4.C28H38N4O3.C23H29N5O.C20H21N3O/c1-28(2)18-23(19-29(3,4)32-28)37-27-8-7-25(30-31-27)24-16-20-5-6-22(15-21(20)17-26(24)34)36-14-11-33-9-12-35-13-10-33;1-27(2)17-21(18-28(3,4)31-27)32(5)26-11-10-24(29-30-26)23-15-19-8-9-22(35-13-7-12-34-6)14-20(19)16-25(23)33;1-22(2)14-16(15-23(3,4)27-22)12-17-6-9-20(26-25-17)19-8-7-18(13-21(19)29)28-11-5-10-24-28;24-20-13-16-4-2-1-3-15(16)12-18(20)19-6-5-17(22-23-19)11-14-7-9-21-10-8-14/h5-8,15-17,23,32,34H,9-14,18-19H2,1-4H3;8-11,14-16,21,31,33H,7,12-13,17-18H2,1-6H3;5-11,13,16,27,29H,12,14-15H2,1-4H3;1-6,12-14,21,24H,7-11H2. The summed E-state index contributed by atoms with van der Waals surface area (Å²) in [6.07, 6.45) is 14.8. The lowest BCUT2D eigenvalue weighted by Crippen LogP contribution is -2.62. The Morgan fingerprint density at radius 1 is 0.448 bits per heavy atom. The van der Waals surface area contributed by atoms with E-state index in [1.807, 2.05) is 152 Å². The highest BCUT2D eigenvalue weighted by Gasteiger charge is 2.42. The van der Waals surface area contributed by atoms with E-state index in [1.54, 1.807) is 42.3 Å². The maximum atomic E-state index is 10.8. The monoisotopic (exact) mass is 1690 g/mol. The highest BCUT2D eigenvalue weighted by atomic mass is 16.5. The molecule has 10 heterocycles. The molecule has 0 amide bonds. The topological polar surface area (TPSA) is 303 Å². The number of benzene rings is 7. The van der Waals surface area contributed by atoms with Crippen LogP contribution in [-0.2, 0) is 22.3 Å². The molecule has 5 aromatic heterocycles. The predicted octanol–water partition coefficient (Wildman–Crippen LogP) is 17.2. The SMILES string of the molecule is CC1(C)CC(Cc2ccc(-c3ccc(-n4cccn4)cc3O)nn2)CC(C)(C)N1.CC1(C)CC(Oc2ccc(-c3cc4ccc(OCCN5CCOCC5)cc4cc3O)nn2)CC(C)(C)N1.COCCCOc1ccc2cc(-c3ccc(N(C)C4CC(C)(C)NC(C)(C)C4)nn3)c(O)cc2c1.Oc1cc2ccccc2cc1-c1ccc(CC2CCNCC2)nn1. The third-order valence-corrected chi connectivity index (χ3v) is 24.1. The van der Waals surface area contributed by atoms with Gasteiger partial charge in [-0.2, -0.15) is 25.5 Å². The Labute approximate surface area is 735 Å². The van der Waals surface area contributed by atoms with Crippen molar-refractivity contribution in [3.8, 4) is 91.1 Å². The molecular weight excluding hydrogens is 1570 g/mol. The molecule has 7 aromatic carbocycles. The van der Waals surface area contributed by atoms with Crippen LogP contribution in [0.2, 0.25) is 0 Å². The Hall–Kier alpha value is -11.0. The number of aromatic nitrogens is 10. The van der Waals surface area contributed by atoms with Crippen molar-refractivity contribution in [1.29, 1.82) is 0 Å². The summed E-state index contributed by atoms with van der Waals surface area (Å²) >= 11 is 0. The summed E-state index contributed by atoms with van der Waals surface area (Å²) in [4.78, 5) is 4.57. The minimum Gasteiger partial charge on any atom is -0.507 e. The number of piperidine rings is 4. The zero-order valence-corrected chi connectivity index (χ0v) is 75.2. The molecule has 5 saturated heterocycles. The van der Waals surface area contributed by atoms with Gasteiger partial charge < -0.3 is 70.3 Å². The lowest BCUT2D eigenvalue weighted by molar-refractivity contribution is 0.0322. The molecule has 17 rings (SSSR count). The molecule has 0 atom stereocenters. The average Bonchev–Trinajstić information content (AvgIpc) is 1.11. The number of anilines is 1. The van der Waals surface area contributed by atoms with Gasteiger partial charge in [0.2, 0.25) is 5.88 Å². The van der Waals surface area contributed by atoms with Crippen LogP contribution in [0.4, 0.5) is 5.82 Å². The van der Waals surface area contributed by atoms with Crippen LogP contribution in [0, 0.1) is 11.8 Å². The molecular formula is C100H126N16O9. The van der Waals surface area contributed by atoms with Gasteiger partial charge in [0.05, 0.1) is 59.7 Å². The van der Waals surface area contributed by atoms with E-state index < -0.39 is 0 Å². The summed E-state index contributed by atoms with van der Waals surface area (Å²) in [5, 5.41) is 102. The van der Waals surface area contributed by atoms with Crippen LogP contribution < -0.4 is 40.4 Å². The zero-order valence-electron chi connectivity index (χ0n) is 75.2. The first-order valence-corrected chi connectivity index (χ1v) is 44.2. The van der Waals surface area contributed by atoms with Gasteiger partial charge in [-0.05, 0) is 313 Å². The normalized spacial score (nSPS) is 18.2. The predicted molar refractivity (Wildman–Crippen MR) is 496 cm³/mol. The van der Waals surface area contributed by atoms with Crippen LogP contribution in [0.3, 0.4) is 0 Å². The molecule has 8 N–H and O–H groups in total. The van der Waals surface area contributed by atoms with Gasteiger partial charge >= 0.3 is 0 Å². The van der Waals surface area contributed by atoms with E-state index in [0.717, 1.165) is 176 Å². The number of hydrogen-bond acceptors (Lipinski definition) is 24. The minimum atomic E-state index is -0.00961. The summed E-state index contributed by atoms with van der Waals surface area (Å²) < 4.78 is 30.1. The number of morpholine rings is 1. The molecule has 0 radical (unpaired) electrons. The van der Waals surface area contributed by atoms with Crippen molar-refractivity contribution in [2.24, 2.45) is 11.8 Å². The number of nitrogens with one attached hydrogen (secondary N) is 4. The second-order valence-corrected chi connectivity index (χ2v) is 38.4. The van der Waals surface area contributed by atoms with Crippen molar-refractivity contribution < 1.29 is 44.1 Å². The van der Waals surface area contributed by atoms with Gasteiger partial charge in [-0.15, -0.1) is 20.4 Å². The quantitative estimate of drug-likeness (QED) is 0.0292. The van der Waals surface area contributed by atoms with E-state index in [0.29, 0.717) is 83.0 Å².